The number of rotatable bonds is 15. The van der Waals surface area contributed by atoms with E-state index >= 15 is 0 Å². The van der Waals surface area contributed by atoms with Gasteiger partial charge in [0.15, 0.2) is 12.1 Å². The fourth-order valence-electron chi connectivity index (χ4n) is 9.74. The van der Waals surface area contributed by atoms with Gasteiger partial charge in [-0.3, -0.25) is 19.5 Å². The average molecular weight is 954 g/mol. The smallest absolute Gasteiger partial charge is 0.308 e. The zero-order valence-electron chi connectivity index (χ0n) is 42.1. The minimum Gasteiger partial charge on any atom is -0.497 e. The highest BCUT2D eigenvalue weighted by Gasteiger charge is 2.47. The SMILES string of the molecule is CC[C@H]1OC(=O)C[C@@H](O)[C@H](C)[C@@H](O[C@@H]2O[C@H](C)[C@@H](O)[C@H](N(C)C)[C@H]2O)[C@@H](CCN(Cc2ccc(OC)cc2)Cc2cn(-c3cnc4ccccc4c3)nn2)C[C@@H](C)C(=O)/C=C/C(C)=C/[C@@H]1CN(C)C. The molecule has 2 aromatic carbocycles. The van der Waals surface area contributed by atoms with Gasteiger partial charge in [-0.1, -0.05) is 74.0 Å². The third-order valence-corrected chi connectivity index (χ3v) is 13.7. The molecule has 12 atom stereocenters. The summed E-state index contributed by atoms with van der Waals surface area (Å²) in [4.78, 5) is 38.7. The summed E-state index contributed by atoms with van der Waals surface area (Å²) >= 11 is 0. The number of aliphatic hydroxyl groups excluding tert-OH is 3. The quantitative estimate of drug-likeness (QED) is 0.125. The number of allylic oxidation sites excluding steroid dienone is 3. The Morgan fingerprint density at radius 3 is 2.38 bits per heavy atom. The zero-order chi connectivity index (χ0) is 49.9. The number of nitrogens with zero attached hydrogens (tertiary/aromatic N) is 7. The van der Waals surface area contributed by atoms with Crippen molar-refractivity contribution in [2.75, 3.05) is 48.4 Å². The Labute approximate surface area is 407 Å². The molecule has 2 aliphatic heterocycles. The van der Waals surface area contributed by atoms with Crippen LogP contribution in [0.3, 0.4) is 0 Å². The fourth-order valence-corrected chi connectivity index (χ4v) is 9.74. The molecule has 2 aromatic heterocycles. The maximum absolute atomic E-state index is 14.2. The van der Waals surface area contributed by atoms with Gasteiger partial charge in [-0.15, -0.1) is 5.10 Å². The number of aromatic nitrogens is 4. The first-order chi connectivity index (χ1) is 32.9. The summed E-state index contributed by atoms with van der Waals surface area (Å²) in [6.07, 6.45) is 3.49. The van der Waals surface area contributed by atoms with Crippen molar-refractivity contribution in [1.29, 1.82) is 0 Å². The van der Waals surface area contributed by atoms with Crippen molar-refractivity contribution in [3.63, 3.8) is 0 Å². The van der Waals surface area contributed by atoms with Gasteiger partial charge < -0.3 is 44.1 Å². The number of aliphatic hydroxyl groups is 3. The number of fused-ring (bicyclic) bond motifs is 1. The van der Waals surface area contributed by atoms with E-state index in [9.17, 15) is 24.9 Å². The van der Waals surface area contributed by atoms with Crippen LogP contribution in [0.2, 0.25) is 0 Å². The molecule has 69 heavy (non-hydrogen) atoms. The van der Waals surface area contributed by atoms with Gasteiger partial charge >= 0.3 is 5.97 Å². The molecule has 0 saturated carbocycles. The Kier molecular flexibility index (Phi) is 19.2. The van der Waals surface area contributed by atoms with Gasteiger partial charge in [0.25, 0.3) is 0 Å². The minimum absolute atomic E-state index is 0.0670. The Morgan fingerprint density at radius 1 is 0.942 bits per heavy atom. The van der Waals surface area contributed by atoms with Crippen LogP contribution < -0.4 is 4.74 Å². The first kappa shape index (κ1) is 53.4. The summed E-state index contributed by atoms with van der Waals surface area (Å²) in [5.74, 6) is -1.65. The predicted octanol–water partition coefficient (Wildman–Crippen LogP) is 5.61. The van der Waals surface area contributed by atoms with E-state index in [0.29, 0.717) is 45.4 Å². The number of benzene rings is 2. The van der Waals surface area contributed by atoms with Gasteiger partial charge in [-0.05, 0) is 110 Å². The summed E-state index contributed by atoms with van der Waals surface area (Å²) in [7, 11) is 9.11. The monoisotopic (exact) mass is 954 g/mol. The largest absolute Gasteiger partial charge is 0.497 e. The van der Waals surface area contributed by atoms with Gasteiger partial charge in [0.05, 0.1) is 73.3 Å². The van der Waals surface area contributed by atoms with Crippen molar-refractivity contribution < 1.29 is 43.9 Å². The highest BCUT2D eigenvalue weighted by atomic mass is 16.7. The van der Waals surface area contributed by atoms with Crippen LogP contribution in [0.15, 0.2) is 90.8 Å². The van der Waals surface area contributed by atoms with E-state index < -0.39 is 72.7 Å². The third-order valence-electron chi connectivity index (χ3n) is 13.7. The molecule has 4 aromatic rings. The third kappa shape index (κ3) is 14.4. The van der Waals surface area contributed by atoms with Gasteiger partial charge in [0, 0.05) is 42.8 Å². The van der Waals surface area contributed by atoms with Crippen molar-refractivity contribution in [2.45, 2.75) is 122 Å². The average Bonchev–Trinajstić information content (AvgIpc) is 3.79. The van der Waals surface area contributed by atoms with Crippen LogP contribution in [-0.4, -0.2) is 159 Å². The molecular formula is C53H75N7O9. The van der Waals surface area contributed by atoms with Crippen LogP contribution in [0, 0.1) is 23.7 Å². The lowest BCUT2D eigenvalue weighted by Gasteiger charge is -2.46. The molecule has 0 spiro atoms. The molecule has 6 rings (SSSR count). The Morgan fingerprint density at radius 2 is 1.68 bits per heavy atom. The van der Waals surface area contributed by atoms with Crippen molar-refractivity contribution in [1.82, 2.24) is 34.7 Å². The lowest BCUT2D eigenvalue weighted by molar-refractivity contribution is -0.304. The van der Waals surface area contributed by atoms with Crippen LogP contribution in [-0.2, 0) is 36.9 Å². The number of cyclic esters (lactones) is 1. The van der Waals surface area contributed by atoms with E-state index in [1.54, 1.807) is 50.0 Å². The Hall–Kier alpha value is -4.91. The van der Waals surface area contributed by atoms with Crippen LogP contribution in [0.25, 0.3) is 16.6 Å². The molecular weight excluding hydrogens is 879 g/mol. The van der Waals surface area contributed by atoms with Crippen LogP contribution >= 0.6 is 0 Å². The minimum atomic E-state index is -1.27. The van der Waals surface area contributed by atoms with Crippen molar-refractivity contribution in [3.05, 3.63) is 102 Å². The first-order valence-corrected chi connectivity index (χ1v) is 24.3. The number of hydrogen-bond acceptors (Lipinski definition) is 15. The first-order valence-electron chi connectivity index (χ1n) is 24.3. The van der Waals surface area contributed by atoms with Crippen molar-refractivity contribution in [2.24, 2.45) is 23.7 Å². The molecule has 16 heteroatoms. The van der Waals surface area contributed by atoms with E-state index in [1.165, 1.54) is 0 Å². The predicted molar refractivity (Wildman–Crippen MR) is 264 cm³/mol. The molecule has 1 fully saturated rings. The number of para-hydroxylation sites is 1. The Bertz CT molecular complexity index is 2340. The molecule has 0 unspecified atom stereocenters. The number of pyridine rings is 1. The maximum Gasteiger partial charge on any atom is 0.308 e. The lowest BCUT2D eigenvalue weighted by atomic mass is 9.79. The Balaban J connectivity index is 1.37. The summed E-state index contributed by atoms with van der Waals surface area (Å²) < 4.78 is 26.5. The summed E-state index contributed by atoms with van der Waals surface area (Å²) in [5.41, 5.74) is 4.28. The van der Waals surface area contributed by atoms with E-state index in [1.807, 2.05) is 114 Å². The molecule has 1 saturated heterocycles. The number of carbonyl (C=O) groups is 2. The molecule has 4 heterocycles. The van der Waals surface area contributed by atoms with Crippen LogP contribution in [0.5, 0.6) is 5.75 Å². The fraction of sp³-hybridized carbons (Fsp3) is 0.566. The molecule has 2 aliphatic rings. The summed E-state index contributed by atoms with van der Waals surface area (Å²) in [6, 6.07) is 17.1. The molecule has 16 nitrogen and oxygen atoms in total. The van der Waals surface area contributed by atoms with Gasteiger partial charge in [-0.25, -0.2) is 4.68 Å². The maximum atomic E-state index is 14.2. The van der Waals surface area contributed by atoms with Gasteiger partial charge in [0.1, 0.15) is 18.0 Å². The van der Waals surface area contributed by atoms with Crippen molar-refractivity contribution >= 4 is 22.7 Å². The number of ether oxygens (including phenoxy) is 4. The number of likely N-dealkylation sites (N-methyl/N-ethyl adjacent to an activating group) is 1. The highest BCUT2D eigenvalue weighted by Crippen LogP contribution is 2.35. The van der Waals surface area contributed by atoms with E-state index in [0.717, 1.165) is 39.2 Å². The van der Waals surface area contributed by atoms with Crippen LogP contribution in [0.1, 0.15) is 71.6 Å². The number of methoxy groups -OCH3 is 1. The standard InChI is InChI=1S/C53H75N7O9/c1-11-47-40(30-57(6)7)24-33(2)16-21-45(61)34(3)25-39(52(35(4)46(62)27-48(63)68-47)69-53-51(65)49(58(8)9)50(64)36(5)67-53)22-23-59(29-37-17-19-43(66-10)20-18-37)31-41-32-60(56-55-41)42-26-38-14-12-13-15-44(38)54-28-42/h12-21,24,26,28,32,34-36,39-40,46-47,49-53,62,64-65H,11,22-23,25,27,29-31H2,1-10H3/b21-16+,33-24+/t34-,35+,36-,39+,40-,46-,47-,49+,50-,51-,52-,53+/m1/s1. The second kappa shape index (κ2) is 24.8. The van der Waals surface area contributed by atoms with E-state index in [-0.39, 0.29) is 18.1 Å². The van der Waals surface area contributed by atoms with E-state index in [2.05, 4.69) is 26.3 Å². The van der Waals surface area contributed by atoms with E-state index in [4.69, 9.17) is 18.9 Å². The zero-order valence-corrected chi connectivity index (χ0v) is 42.1. The number of esters is 1. The van der Waals surface area contributed by atoms with Crippen molar-refractivity contribution in [3.8, 4) is 11.4 Å². The normalized spacial score (nSPS) is 30.1. The number of ketones is 1. The van der Waals surface area contributed by atoms with Gasteiger partial charge in [-0.2, -0.15) is 0 Å². The summed E-state index contributed by atoms with van der Waals surface area (Å²) in [5, 5.41) is 45.1. The molecule has 3 N–H and O–H groups in total. The number of hydrogen-bond donors (Lipinski definition) is 3. The highest BCUT2D eigenvalue weighted by molar-refractivity contribution is 5.91. The lowest BCUT2D eigenvalue weighted by Crippen LogP contribution is -2.63. The van der Waals surface area contributed by atoms with Gasteiger partial charge in [0.2, 0.25) is 0 Å². The topological polar surface area (TPSA) is 185 Å². The summed E-state index contributed by atoms with van der Waals surface area (Å²) in [6.45, 7) is 11.4. The second-order valence-corrected chi connectivity index (χ2v) is 19.7. The molecule has 0 bridgehead atoms. The molecule has 0 radical (unpaired) electrons. The molecule has 376 valence electrons. The van der Waals surface area contributed by atoms with Crippen LogP contribution in [0.4, 0.5) is 0 Å². The molecule has 0 amide bonds. The molecule has 0 aliphatic carbocycles. The number of carbonyl (C=O) groups excluding carboxylic acids is 2. The second-order valence-electron chi connectivity index (χ2n) is 19.7.